The van der Waals surface area contributed by atoms with Gasteiger partial charge in [-0.1, -0.05) is 41.5 Å². The first-order chi connectivity index (χ1) is 8.38. The predicted octanol–water partition coefficient (Wildman–Crippen LogP) is 4.33. The molecule has 0 bridgehead atoms. The van der Waals surface area contributed by atoms with Crippen molar-refractivity contribution < 1.29 is 0 Å². The van der Waals surface area contributed by atoms with E-state index in [1.807, 2.05) is 42.5 Å². The van der Waals surface area contributed by atoms with Crippen LogP contribution in [0.2, 0.25) is 0 Å². The average molecular weight is 220 g/mol. The number of para-hydroxylation sites is 2. The summed E-state index contributed by atoms with van der Waals surface area (Å²) >= 11 is 0. The van der Waals surface area contributed by atoms with Crippen LogP contribution in [0.5, 0.6) is 0 Å². The molecule has 0 aliphatic heterocycles. The second-order valence-electron chi connectivity index (χ2n) is 3.72. The van der Waals surface area contributed by atoms with Crippen molar-refractivity contribution in [1.29, 1.82) is 0 Å². The molecule has 3 rings (SSSR count). The highest BCUT2D eigenvalue weighted by molar-refractivity contribution is 5.97. The fourth-order valence-electron chi connectivity index (χ4n) is 1.92. The Bertz CT molecular complexity index is 758. The molecule has 1 heterocycles. The zero-order chi connectivity index (χ0) is 11.7. The van der Waals surface area contributed by atoms with Gasteiger partial charge in [0, 0.05) is 15.7 Å². The Balaban J connectivity index is 2.47. The fraction of sp³-hybridized carbons (Fsp3) is 0. The van der Waals surface area contributed by atoms with Crippen LogP contribution in [0.3, 0.4) is 0 Å². The van der Waals surface area contributed by atoms with Crippen molar-refractivity contribution in [2.45, 2.75) is 0 Å². The predicted molar refractivity (Wildman–Crippen MR) is 68.1 cm³/mol. The van der Waals surface area contributed by atoms with Crippen LogP contribution in [0.25, 0.3) is 32.2 Å². The lowest BCUT2D eigenvalue weighted by Crippen LogP contribution is -1.82. The maximum absolute atomic E-state index is 8.52. The number of hydrogen-bond donors (Lipinski definition) is 0. The van der Waals surface area contributed by atoms with Gasteiger partial charge in [0.1, 0.15) is 0 Å². The molecule has 0 aliphatic rings. The van der Waals surface area contributed by atoms with Crippen molar-refractivity contribution in [3.8, 4) is 0 Å². The largest absolute Gasteiger partial charge is 0.247 e. The van der Waals surface area contributed by atoms with Crippen molar-refractivity contribution >= 4 is 27.5 Å². The molecule has 17 heavy (non-hydrogen) atoms. The number of fused-ring (bicyclic) bond motifs is 2. The van der Waals surface area contributed by atoms with E-state index < -0.39 is 0 Å². The van der Waals surface area contributed by atoms with Crippen LogP contribution >= 0.6 is 0 Å². The van der Waals surface area contributed by atoms with Crippen LogP contribution in [-0.4, -0.2) is 4.98 Å². The van der Waals surface area contributed by atoms with Gasteiger partial charge in [0.25, 0.3) is 0 Å². The lowest BCUT2D eigenvalue weighted by molar-refractivity contribution is 1.44. The van der Waals surface area contributed by atoms with Gasteiger partial charge >= 0.3 is 0 Å². The molecule has 0 amide bonds. The van der Waals surface area contributed by atoms with Gasteiger partial charge in [0.15, 0.2) is 0 Å². The van der Waals surface area contributed by atoms with E-state index in [-0.39, 0.29) is 0 Å². The van der Waals surface area contributed by atoms with E-state index in [9.17, 15) is 0 Å². The van der Waals surface area contributed by atoms with Gasteiger partial charge in [-0.3, -0.25) is 0 Å². The Hall–Kier alpha value is -2.58. The number of hydrogen-bond acceptors (Lipinski definition) is 2. The van der Waals surface area contributed by atoms with E-state index in [2.05, 4.69) is 15.0 Å². The quantitative estimate of drug-likeness (QED) is 0.260. The molecule has 0 N–H and O–H groups in total. The highest BCUT2D eigenvalue weighted by atomic mass is 15.1. The summed E-state index contributed by atoms with van der Waals surface area (Å²) in [6, 6.07) is 15.5. The molecule has 0 atom stereocenters. The maximum Gasteiger partial charge on any atom is 0.0805 e. The molecule has 0 aliphatic carbocycles. The molecule has 80 valence electrons. The van der Waals surface area contributed by atoms with Gasteiger partial charge in [0.2, 0.25) is 0 Å². The third-order valence-electron chi connectivity index (χ3n) is 2.68. The van der Waals surface area contributed by atoms with E-state index >= 15 is 0 Å². The second-order valence-corrected chi connectivity index (χ2v) is 3.72. The van der Waals surface area contributed by atoms with Crippen molar-refractivity contribution in [2.24, 2.45) is 5.11 Å². The maximum atomic E-state index is 8.52. The molecular weight excluding hydrogens is 212 g/mol. The standard InChI is InChI=1S/C13H8N4/c14-17-16-12-7-3-5-10-8-9-4-1-2-6-11(9)15-13(10)12/h1-8H. The van der Waals surface area contributed by atoms with Crippen LogP contribution in [-0.2, 0) is 0 Å². The number of pyridine rings is 1. The molecule has 0 unspecified atom stereocenters. The van der Waals surface area contributed by atoms with E-state index in [0.29, 0.717) is 5.69 Å². The molecule has 0 saturated carbocycles. The monoisotopic (exact) mass is 220 g/mol. The Morgan fingerprint density at radius 3 is 2.71 bits per heavy atom. The first-order valence-corrected chi connectivity index (χ1v) is 5.22. The Kier molecular flexibility index (Phi) is 2.14. The number of nitrogens with zero attached hydrogens (tertiary/aromatic N) is 4. The van der Waals surface area contributed by atoms with Gasteiger partial charge in [-0.05, 0) is 17.7 Å². The van der Waals surface area contributed by atoms with Crippen molar-refractivity contribution in [3.63, 3.8) is 0 Å². The third-order valence-corrected chi connectivity index (χ3v) is 2.68. The van der Waals surface area contributed by atoms with Gasteiger partial charge in [-0.25, -0.2) is 4.98 Å². The van der Waals surface area contributed by atoms with E-state index in [0.717, 1.165) is 21.8 Å². The number of azide groups is 1. The highest BCUT2D eigenvalue weighted by Crippen LogP contribution is 2.27. The molecule has 3 aromatic rings. The summed E-state index contributed by atoms with van der Waals surface area (Å²) in [7, 11) is 0. The Morgan fingerprint density at radius 2 is 1.82 bits per heavy atom. The normalized spacial score (nSPS) is 10.4. The van der Waals surface area contributed by atoms with Gasteiger partial charge < -0.3 is 0 Å². The first kappa shape index (κ1) is 9.63. The summed E-state index contributed by atoms with van der Waals surface area (Å²) in [6.07, 6.45) is 0. The van der Waals surface area contributed by atoms with Gasteiger partial charge in [-0.2, -0.15) is 0 Å². The summed E-state index contributed by atoms with van der Waals surface area (Å²) in [6.45, 7) is 0. The topological polar surface area (TPSA) is 61.7 Å². The first-order valence-electron chi connectivity index (χ1n) is 5.22. The summed E-state index contributed by atoms with van der Waals surface area (Å²) in [5, 5.41) is 5.72. The van der Waals surface area contributed by atoms with Crippen molar-refractivity contribution in [2.75, 3.05) is 0 Å². The van der Waals surface area contributed by atoms with Crippen LogP contribution < -0.4 is 0 Å². The van der Waals surface area contributed by atoms with Crippen LogP contribution in [0.15, 0.2) is 53.6 Å². The minimum atomic E-state index is 0.566. The molecule has 0 spiro atoms. The number of benzene rings is 2. The van der Waals surface area contributed by atoms with E-state index in [4.69, 9.17) is 5.53 Å². The summed E-state index contributed by atoms with van der Waals surface area (Å²) < 4.78 is 0. The Labute approximate surface area is 97.1 Å². The Morgan fingerprint density at radius 1 is 1.00 bits per heavy atom. The molecule has 4 heteroatoms. The average Bonchev–Trinajstić information content (AvgIpc) is 2.37. The molecule has 4 nitrogen and oxygen atoms in total. The van der Waals surface area contributed by atoms with E-state index in [1.54, 1.807) is 6.07 Å². The molecule has 0 saturated heterocycles. The fourth-order valence-corrected chi connectivity index (χ4v) is 1.92. The van der Waals surface area contributed by atoms with Gasteiger partial charge in [0.05, 0.1) is 16.7 Å². The van der Waals surface area contributed by atoms with Gasteiger partial charge in [-0.15, -0.1) is 0 Å². The highest BCUT2D eigenvalue weighted by Gasteiger charge is 2.02. The zero-order valence-corrected chi connectivity index (χ0v) is 8.91. The number of rotatable bonds is 1. The minimum Gasteiger partial charge on any atom is -0.247 e. The smallest absolute Gasteiger partial charge is 0.0805 e. The number of aromatic nitrogens is 1. The van der Waals surface area contributed by atoms with Crippen molar-refractivity contribution in [1.82, 2.24) is 4.98 Å². The SMILES string of the molecule is [N-]=[N+]=Nc1cccc2cc3ccccc3nc12. The van der Waals surface area contributed by atoms with Crippen LogP contribution in [0.4, 0.5) is 5.69 Å². The summed E-state index contributed by atoms with van der Waals surface area (Å²) in [4.78, 5) is 7.35. The van der Waals surface area contributed by atoms with Crippen LogP contribution in [0.1, 0.15) is 0 Å². The molecule has 0 radical (unpaired) electrons. The third kappa shape index (κ3) is 1.57. The molecule has 0 fully saturated rings. The zero-order valence-electron chi connectivity index (χ0n) is 8.91. The van der Waals surface area contributed by atoms with Crippen molar-refractivity contribution in [3.05, 3.63) is 59.0 Å². The summed E-state index contributed by atoms with van der Waals surface area (Å²) in [5.41, 5.74) is 10.7. The van der Waals surface area contributed by atoms with Crippen LogP contribution in [0, 0.1) is 0 Å². The summed E-state index contributed by atoms with van der Waals surface area (Å²) in [5.74, 6) is 0. The minimum absolute atomic E-state index is 0.566. The lowest BCUT2D eigenvalue weighted by Gasteiger charge is -2.03. The molecular formula is C13H8N4. The molecule has 1 aromatic heterocycles. The van der Waals surface area contributed by atoms with E-state index in [1.165, 1.54) is 0 Å². The lowest BCUT2D eigenvalue weighted by atomic mass is 10.1. The molecule has 2 aromatic carbocycles. The second kappa shape index (κ2) is 3.77.